The SMILES string of the molecule is CNC(C)c1cc(C2CCSCC2)[nH]n1. The molecule has 1 saturated heterocycles. The number of hydrogen-bond acceptors (Lipinski definition) is 3. The van der Waals surface area contributed by atoms with Gasteiger partial charge in [0.05, 0.1) is 5.69 Å². The van der Waals surface area contributed by atoms with Crippen molar-refractivity contribution in [3.8, 4) is 0 Å². The van der Waals surface area contributed by atoms with Crippen LogP contribution in [0.5, 0.6) is 0 Å². The van der Waals surface area contributed by atoms with E-state index in [0.29, 0.717) is 12.0 Å². The van der Waals surface area contributed by atoms with E-state index in [0.717, 1.165) is 5.69 Å². The van der Waals surface area contributed by atoms with Crippen molar-refractivity contribution in [3.63, 3.8) is 0 Å². The molecule has 0 bridgehead atoms. The lowest BCUT2D eigenvalue weighted by molar-refractivity contribution is 0.616. The lowest BCUT2D eigenvalue weighted by Gasteiger charge is -2.19. The molecule has 2 rings (SSSR count). The molecule has 0 aromatic carbocycles. The molecule has 1 atom stereocenters. The fourth-order valence-electron chi connectivity index (χ4n) is 1.94. The molecule has 2 heterocycles. The van der Waals surface area contributed by atoms with Crippen LogP contribution in [0, 0.1) is 0 Å². The van der Waals surface area contributed by atoms with Crippen LogP contribution in [-0.4, -0.2) is 28.8 Å². The molecule has 0 amide bonds. The van der Waals surface area contributed by atoms with Crippen molar-refractivity contribution >= 4 is 11.8 Å². The summed E-state index contributed by atoms with van der Waals surface area (Å²) in [5, 5.41) is 10.8. The van der Waals surface area contributed by atoms with E-state index in [4.69, 9.17) is 0 Å². The van der Waals surface area contributed by atoms with Gasteiger partial charge in [0.1, 0.15) is 0 Å². The number of hydrogen-bond donors (Lipinski definition) is 2. The van der Waals surface area contributed by atoms with Crippen LogP contribution in [0.25, 0.3) is 0 Å². The molecular weight excluding hydrogens is 206 g/mol. The van der Waals surface area contributed by atoms with Crippen molar-refractivity contribution in [3.05, 3.63) is 17.5 Å². The summed E-state index contributed by atoms with van der Waals surface area (Å²) in [7, 11) is 1.97. The zero-order valence-electron chi connectivity index (χ0n) is 9.42. The van der Waals surface area contributed by atoms with Crippen LogP contribution in [0.3, 0.4) is 0 Å². The van der Waals surface area contributed by atoms with Gasteiger partial charge < -0.3 is 5.32 Å². The molecule has 0 radical (unpaired) electrons. The van der Waals surface area contributed by atoms with Crippen molar-refractivity contribution < 1.29 is 0 Å². The van der Waals surface area contributed by atoms with Gasteiger partial charge in [-0.25, -0.2) is 0 Å². The van der Waals surface area contributed by atoms with Crippen LogP contribution in [0.1, 0.15) is 43.1 Å². The minimum Gasteiger partial charge on any atom is -0.312 e. The van der Waals surface area contributed by atoms with Crippen LogP contribution in [0.4, 0.5) is 0 Å². The molecule has 2 N–H and O–H groups in total. The maximum atomic E-state index is 4.37. The summed E-state index contributed by atoms with van der Waals surface area (Å²) >= 11 is 2.06. The number of nitrogens with one attached hydrogen (secondary N) is 2. The third kappa shape index (κ3) is 2.55. The standard InChI is InChI=1S/C11H19N3S/c1-8(12-2)10-7-11(14-13-10)9-3-5-15-6-4-9/h7-9,12H,3-6H2,1-2H3,(H,13,14). The van der Waals surface area contributed by atoms with E-state index in [2.05, 4.69) is 40.3 Å². The van der Waals surface area contributed by atoms with Gasteiger partial charge in [-0.15, -0.1) is 0 Å². The van der Waals surface area contributed by atoms with Gasteiger partial charge in [0, 0.05) is 17.7 Å². The second-order valence-corrected chi connectivity index (χ2v) is 5.37. The molecule has 1 unspecified atom stereocenters. The van der Waals surface area contributed by atoms with Crippen LogP contribution in [0.2, 0.25) is 0 Å². The number of H-pyrrole nitrogens is 1. The van der Waals surface area contributed by atoms with Gasteiger partial charge in [-0.1, -0.05) is 0 Å². The zero-order valence-corrected chi connectivity index (χ0v) is 10.2. The molecule has 1 fully saturated rings. The van der Waals surface area contributed by atoms with Crippen LogP contribution in [-0.2, 0) is 0 Å². The van der Waals surface area contributed by atoms with Gasteiger partial charge >= 0.3 is 0 Å². The quantitative estimate of drug-likeness (QED) is 0.829. The summed E-state index contributed by atoms with van der Waals surface area (Å²) in [5.74, 6) is 3.29. The van der Waals surface area contributed by atoms with Crippen molar-refractivity contribution in [1.82, 2.24) is 15.5 Å². The molecule has 1 aromatic heterocycles. The Kier molecular flexibility index (Phi) is 3.70. The second kappa shape index (κ2) is 5.03. The number of rotatable bonds is 3. The minimum atomic E-state index is 0.341. The van der Waals surface area contributed by atoms with E-state index in [-0.39, 0.29) is 0 Å². The van der Waals surface area contributed by atoms with Crippen LogP contribution in [0.15, 0.2) is 6.07 Å². The van der Waals surface area contributed by atoms with E-state index in [1.165, 1.54) is 30.0 Å². The maximum absolute atomic E-state index is 4.37. The summed E-state index contributed by atoms with van der Waals surface area (Å²) in [6.45, 7) is 2.14. The Morgan fingerprint density at radius 2 is 2.27 bits per heavy atom. The Hall–Kier alpha value is -0.480. The number of aromatic nitrogens is 2. The normalized spacial score (nSPS) is 20.4. The zero-order chi connectivity index (χ0) is 10.7. The Balaban J connectivity index is 2.05. The number of aromatic amines is 1. The molecule has 1 aliphatic rings. The molecule has 1 aliphatic heterocycles. The first kappa shape index (κ1) is 11.0. The van der Waals surface area contributed by atoms with E-state index >= 15 is 0 Å². The van der Waals surface area contributed by atoms with Gasteiger partial charge in [-0.05, 0) is 44.4 Å². The summed E-state index contributed by atoms with van der Waals surface area (Å²) in [6.07, 6.45) is 2.58. The fourth-order valence-corrected chi connectivity index (χ4v) is 3.05. The molecule has 84 valence electrons. The lowest BCUT2D eigenvalue weighted by Crippen LogP contribution is -2.12. The summed E-state index contributed by atoms with van der Waals surface area (Å²) in [6, 6.07) is 2.56. The van der Waals surface area contributed by atoms with Crippen molar-refractivity contribution in [2.24, 2.45) is 0 Å². The molecule has 4 heteroatoms. The Bertz CT molecular complexity index is 305. The molecule has 0 saturated carbocycles. The highest BCUT2D eigenvalue weighted by molar-refractivity contribution is 7.99. The predicted molar refractivity (Wildman–Crippen MR) is 65.4 cm³/mol. The fraction of sp³-hybridized carbons (Fsp3) is 0.727. The van der Waals surface area contributed by atoms with Gasteiger partial charge in [-0.3, -0.25) is 5.10 Å². The summed E-state index contributed by atoms with van der Waals surface area (Å²) in [4.78, 5) is 0. The monoisotopic (exact) mass is 225 g/mol. The van der Waals surface area contributed by atoms with E-state index in [9.17, 15) is 0 Å². The highest BCUT2D eigenvalue weighted by Gasteiger charge is 2.18. The van der Waals surface area contributed by atoms with Crippen molar-refractivity contribution in [2.75, 3.05) is 18.6 Å². The van der Waals surface area contributed by atoms with Gasteiger partial charge in [-0.2, -0.15) is 16.9 Å². The highest BCUT2D eigenvalue weighted by atomic mass is 32.2. The summed E-state index contributed by atoms with van der Waals surface area (Å²) in [5.41, 5.74) is 2.46. The molecule has 1 aromatic rings. The number of nitrogens with zero attached hydrogens (tertiary/aromatic N) is 1. The first-order valence-corrected chi connectivity index (χ1v) is 6.77. The third-order valence-corrected chi connectivity index (χ3v) is 4.20. The van der Waals surface area contributed by atoms with Gasteiger partial charge in [0.15, 0.2) is 0 Å². The molecular formula is C11H19N3S. The van der Waals surface area contributed by atoms with E-state index in [1.54, 1.807) is 0 Å². The van der Waals surface area contributed by atoms with E-state index in [1.807, 2.05) is 7.05 Å². The Labute approximate surface area is 95.4 Å². The molecule has 15 heavy (non-hydrogen) atoms. The molecule has 0 spiro atoms. The molecule has 3 nitrogen and oxygen atoms in total. The first-order valence-electron chi connectivity index (χ1n) is 5.61. The lowest BCUT2D eigenvalue weighted by atomic mass is 9.98. The largest absolute Gasteiger partial charge is 0.312 e. The maximum Gasteiger partial charge on any atom is 0.0791 e. The Morgan fingerprint density at radius 1 is 1.53 bits per heavy atom. The van der Waals surface area contributed by atoms with Crippen LogP contribution < -0.4 is 5.32 Å². The van der Waals surface area contributed by atoms with Gasteiger partial charge in [0.25, 0.3) is 0 Å². The average Bonchev–Trinajstić information content (AvgIpc) is 2.78. The smallest absolute Gasteiger partial charge is 0.0791 e. The first-order chi connectivity index (χ1) is 7.31. The van der Waals surface area contributed by atoms with Crippen LogP contribution >= 0.6 is 11.8 Å². The number of thioether (sulfide) groups is 1. The van der Waals surface area contributed by atoms with E-state index < -0.39 is 0 Å². The second-order valence-electron chi connectivity index (χ2n) is 4.15. The predicted octanol–water partition coefficient (Wildman–Crippen LogP) is 2.30. The average molecular weight is 225 g/mol. The minimum absolute atomic E-state index is 0.341. The third-order valence-electron chi connectivity index (χ3n) is 3.16. The summed E-state index contributed by atoms with van der Waals surface area (Å²) < 4.78 is 0. The van der Waals surface area contributed by atoms with Gasteiger partial charge in [0.2, 0.25) is 0 Å². The van der Waals surface area contributed by atoms with Crippen molar-refractivity contribution in [2.45, 2.75) is 31.7 Å². The molecule has 0 aliphatic carbocycles. The Morgan fingerprint density at radius 3 is 2.93 bits per heavy atom. The topological polar surface area (TPSA) is 40.7 Å². The van der Waals surface area contributed by atoms with Crippen molar-refractivity contribution in [1.29, 1.82) is 0 Å². The highest BCUT2D eigenvalue weighted by Crippen LogP contribution is 2.31.